The van der Waals surface area contributed by atoms with Crippen molar-refractivity contribution in [2.24, 2.45) is 5.73 Å². The molecule has 3 nitrogen and oxygen atoms in total. The number of hydrogen-bond donors (Lipinski definition) is 1. The van der Waals surface area contributed by atoms with Crippen molar-refractivity contribution >= 4 is 0 Å². The van der Waals surface area contributed by atoms with Crippen LogP contribution in [0.4, 0.5) is 0 Å². The fraction of sp³-hybridized carbons (Fsp3) is 0.538. The zero-order valence-electron chi connectivity index (χ0n) is 9.95. The molecule has 3 heteroatoms. The summed E-state index contributed by atoms with van der Waals surface area (Å²) in [5.41, 5.74) is 6.62. The maximum atomic E-state index is 5.52. The highest BCUT2D eigenvalue weighted by atomic mass is 16.5. The Balaban J connectivity index is 2.12. The molecule has 0 radical (unpaired) electrons. The third-order valence-electron chi connectivity index (χ3n) is 2.30. The molecule has 0 saturated heterocycles. The van der Waals surface area contributed by atoms with Crippen LogP contribution in [0.3, 0.4) is 0 Å². The molecule has 0 amide bonds. The third kappa shape index (κ3) is 5.14. The summed E-state index contributed by atoms with van der Waals surface area (Å²) in [5, 5.41) is 0. The second-order valence-electron chi connectivity index (χ2n) is 3.66. The van der Waals surface area contributed by atoms with Gasteiger partial charge in [0.2, 0.25) is 0 Å². The smallest absolute Gasteiger partial charge is 0.119 e. The third-order valence-corrected chi connectivity index (χ3v) is 2.30. The molecular formula is C13H21NO2. The highest BCUT2D eigenvalue weighted by Gasteiger charge is 1.94. The lowest BCUT2D eigenvalue weighted by atomic mass is 10.2. The summed E-state index contributed by atoms with van der Waals surface area (Å²) >= 11 is 0. The summed E-state index contributed by atoms with van der Waals surface area (Å²) in [6.07, 6.45) is 2.28. The number of ether oxygens (including phenoxy) is 2. The van der Waals surface area contributed by atoms with Crippen LogP contribution in [-0.4, -0.2) is 19.8 Å². The van der Waals surface area contributed by atoms with E-state index in [2.05, 4.69) is 6.92 Å². The second kappa shape index (κ2) is 8.13. The SMILES string of the molecule is CCCCOCCOc1ccc(CN)cc1. The Bertz CT molecular complexity index is 272. The van der Waals surface area contributed by atoms with Gasteiger partial charge in [0, 0.05) is 13.2 Å². The molecule has 0 saturated carbocycles. The van der Waals surface area contributed by atoms with Crippen LogP contribution in [0.2, 0.25) is 0 Å². The molecule has 90 valence electrons. The van der Waals surface area contributed by atoms with Gasteiger partial charge in [0.15, 0.2) is 0 Å². The highest BCUT2D eigenvalue weighted by Crippen LogP contribution is 2.11. The average Bonchev–Trinajstić information content (AvgIpc) is 2.34. The molecule has 0 aliphatic heterocycles. The van der Waals surface area contributed by atoms with E-state index in [4.69, 9.17) is 15.2 Å². The molecule has 16 heavy (non-hydrogen) atoms. The molecule has 0 spiro atoms. The molecule has 0 atom stereocenters. The summed E-state index contributed by atoms with van der Waals surface area (Å²) in [4.78, 5) is 0. The van der Waals surface area contributed by atoms with E-state index in [1.54, 1.807) is 0 Å². The molecule has 0 aliphatic carbocycles. The van der Waals surface area contributed by atoms with Gasteiger partial charge in [-0.3, -0.25) is 0 Å². The Morgan fingerprint density at radius 2 is 1.81 bits per heavy atom. The van der Waals surface area contributed by atoms with Crippen LogP contribution in [0.1, 0.15) is 25.3 Å². The van der Waals surface area contributed by atoms with Crippen LogP contribution in [0.15, 0.2) is 24.3 Å². The second-order valence-corrected chi connectivity index (χ2v) is 3.66. The van der Waals surface area contributed by atoms with E-state index in [1.807, 2.05) is 24.3 Å². The predicted octanol–water partition coefficient (Wildman–Crippen LogP) is 2.34. The fourth-order valence-corrected chi connectivity index (χ4v) is 1.29. The van der Waals surface area contributed by atoms with Crippen molar-refractivity contribution in [1.29, 1.82) is 0 Å². The molecular weight excluding hydrogens is 202 g/mol. The normalized spacial score (nSPS) is 10.4. The van der Waals surface area contributed by atoms with Crippen molar-refractivity contribution in [2.75, 3.05) is 19.8 Å². The Labute approximate surface area is 97.6 Å². The van der Waals surface area contributed by atoms with Crippen LogP contribution < -0.4 is 10.5 Å². The number of hydrogen-bond acceptors (Lipinski definition) is 3. The zero-order valence-corrected chi connectivity index (χ0v) is 9.95. The van der Waals surface area contributed by atoms with Gasteiger partial charge in [-0.15, -0.1) is 0 Å². The van der Waals surface area contributed by atoms with Gasteiger partial charge in [-0.1, -0.05) is 25.5 Å². The number of rotatable bonds is 8. The summed E-state index contributed by atoms with van der Waals surface area (Å²) in [6.45, 7) is 4.80. The van der Waals surface area contributed by atoms with E-state index in [0.717, 1.165) is 24.3 Å². The van der Waals surface area contributed by atoms with Crippen LogP contribution in [-0.2, 0) is 11.3 Å². The van der Waals surface area contributed by atoms with E-state index >= 15 is 0 Å². The van der Waals surface area contributed by atoms with Gasteiger partial charge in [-0.2, -0.15) is 0 Å². The summed E-state index contributed by atoms with van der Waals surface area (Å²) < 4.78 is 10.9. The molecule has 0 aliphatic rings. The topological polar surface area (TPSA) is 44.5 Å². The van der Waals surface area contributed by atoms with Gasteiger partial charge in [-0.05, 0) is 24.1 Å². The Morgan fingerprint density at radius 3 is 2.44 bits per heavy atom. The Hall–Kier alpha value is -1.06. The summed E-state index contributed by atoms with van der Waals surface area (Å²) in [7, 11) is 0. The molecule has 2 N–H and O–H groups in total. The number of nitrogens with two attached hydrogens (primary N) is 1. The molecule has 0 unspecified atom stereocenters. The Kier molecular flexibility index (Phi) is 6.61. The van der Waals surface area contributed by atoms with Crippen molar-refractivity contribution in [3.05, 3.63) is 29.8 Å². The van der Waals surface area contributed by atoms with Gasteiger partial charge in [-0.25, -0.2) is 0 Å². The number of benzene rings is 1. The summed E-state index contributed by atoms with van der Waals surface area (Å²) in [5.74, 6) is 0.872. The molecule has 0 bridgehead atoms. The lowest BCUT2D eigenvalue weighted by Gasteiger charge is -2.07. The van der Waals surface area contributed by atoms with Gasteiger partial charge in [0.1, 0.15) is 12.4 Å². The first-order valence-electron chi connectivity index (χ1n) is 5.86. The van der Waals surface area contributed by atoms with Crippen molar-refractivity contribution in [3.8, 4) is 5.75 Å². The van der Waals surface area contributed by atoms with E-state index in [0.29, 0.717) is 19.8 Å². The minimum Gasteiger partial charge on any atom is -0.491 e. The average molecular weight is 223 g/mol. The van der Waals surface area contributed by atoms with Gasteiger partial charge >= 0.3 is 0 Å². The molecule has 1 aromatic carbocycles. The molecule has 0 aromatic heterocycles. The maximum absolute atomic E-state index is 5.52. The van der Waals surface area contributed by atoms with Crippen LogP contribution in [0, 0.1) is 0 Å². The van der Waals surface area contributed by atoms with Crippen LogP contribution in [0.25, 0.3) is 0 Å². The molecule has 0 fully saturated rings. The maximum Gasteiger partial charge on any atom is 0.119 e. The first-order valence-corrected chi connectivity index (χ1v) is 5.86. The molecule has 1 rings (SSSR count). The van der Waals surface area contributed by atoms with Crippen molar-refractivity contribution in [1.82, 2.24) is 0 Å². The minimum absolute atomic E-state index is 0.570. The monoisotopic (exact) mass is 223 g/mol. The Morgan fingerprint density at radius 1 is 1.06 bits per heavy atom. The van der Waals surface area contributed by atoms with E-state index in [-0.39, 0.29) is 0 Å². The first-order chi connectivity index (χ1) is 7.86. The number of unbranched alkanes of at least 4 members (excludes halogenated alkanes) is 1. The van der Waals surface area contributed by atoms with Gasteiger partial charge < -0.3 is 15.2 Å². The van der Waals surface area contributed by atoms with E-state index in [1.165, 1.54) is 6.42 Å². The van der Waals surface area contributed by atoms with Crippen molar-refractivity contribution < 1.29 is 9.47 Å². The highest BCUT2D eigenvalue weighted by molar-refractivity contribution is 5.26. The molecule has 1 aromatic rings. The lowest BCUT2D eigenvalue weighted by Crippen LogP contribution is -2.07. The van der Waals surface area contributed by atoms with Crippen molar-refractivity contribution in [3.63, 3.8) is 0 Å². The van der Waals surface area contributed by atoms with Crippen LogP contribution in [0.5, 0.6) is 5.75 Å². The standard InChI is InChI=1S/C13H21NO2/c1-2-3-8-15-9-10-16-13-6-4-12(11-14)5-7-13/h4-7H,2-3,8-11,14H2,1H3. The predicted molar refractivity (Wildman–Crippen MR) is 65.6 cm³/mol. The quantitative estimate of drug-likeness (QED) is 0.688. The van der Waals surface area contributed by atoms with Gasteiger partial charge in [0.25, 0.3) is 0 Å². The van der Waals surface area contributed by atoms with Gasteiger partial charge in [0.05, 0.1) is 6.61 Å². The van der Waals surface area contributed by atoms with E-state index in [9.17, 15) is 0 Å². The summed E-state index contributed by atoms with van der Waals surface area (Å²) in [6, 6.07) is 7.84. The van der Waals surface area contributed by atoms with E-state index < -0.39 is 0 Å². The van der Waals surface area contributed by atoms with Crippen molar-refractivity contribution in [2.45, 2.75) is 26.3 Å². The fourth-order valence-electron chi connectivity index (χ4n) is 1.29. The lowest BCUT2D eigenvalue weighted by molar-refractivity contribution is 0.0980. The largest absolute Gasteiger partial charge is 0.491 e. The minimum atomic E-state index is 0.570. The zero-order chi connectivity index (χ0) is 11.6. The van der Waals surface area contributed by atoms with Crippen LogP contribution >= 0.6 is 0 Å². The molecule has 0 heterocycles. The first kappa shape index (κ1) is 13.0.